The predicted octanol–water partition coefficient (Wildman–Crippen LogP) is 2.03. The Kier molecular flexibility index (Phi) is 1.55. The summed E-state index contributed by atoms with van der Waals surface area (Å²) in [6.45, 7) is 0.974. The van der Waals surface area contributed by atoms with Crippen LogP contribution in [0, 0.1) is 0 Å². The van der Waals surface area contributed by atoms with Gasteiger partial charge in [-0.1, -0.05) is 12.1 Å². The Hall–Kier alpha value is -0.630. The van der Waals surface area contributed by atoms with Gasteiger partial charge in [0.2, 0.25) is 0 Å². The average Bonchev–Trinajstić information content (AvgIpc) is 2.05. The number of para-hydroxylation sites is 1. The van der Waals surface area contributed by atoms with Crippen molar-refractivity contribution in [3.8, 4) is 0 Å². The van der Waals surface area contributed by atoms with Crippen molar-refractivity contribution in [2.45, 2.75) is 4.90 Å². The van der Waals surface area contributed by atoms with Crippen LogP contribution < -0.4 is 5.32 Å². The highest BCUT2D eigenvalue weighted by Gasteiger charge is 2.07. The Morgan fingerprint density at radius 3 is 3.10 bits per heavy atom. The third-order valence-electron chi connectivity index (χ3n) is 1.50. The molecule has 1 aliphatic rings. The molecule has 2 rings (SSSR count). The molecule has 10 heavy (non-hydrogen) atoms. The monoisotopic (exact) mass is 150 g/mol. The molecular formula is C8H8NS. The molecule has 0 saturated carbocycles. The number of hydrogen-bond donors (Lipinski definition) is 0. The molecule has 1 aromatic carbocycles. The van der Waals surface area contributed by atoms with E-state index >= 15 is 0 Å². The summed E-state index contributed by atoms with van der Waals surface area (Å²) in [5.41, 5.74) is 1.17. The zero-order valence-corrected chi connectivity index (χ0v) is 6.40. The molecule has 51 valence electrons. The molecule has 0 amide bonds. The molecule has 0 N–H and O–H groups in total. The minimum atomic E-state index is 0.974. The molecule has 0 saturated heterocycles. The minimum Gasteiger partial charge on any atom is -0.283 e. The summed E-state index contributed by atoms with van der Waals surface area (Å²) in [4.78, 5) is 1.33. The van der Waals surface area contributed by atoms with Crippen LogP contribution in [0.1, 0.15) is 0 Å². The summed E-state index contributed by atoms with van der Waals surface area (Å²) in [5, 5.41) is 4.37. The zero-order valence-electron chi connectivity index (χ0n) is 5.58. The van der Waals surface area contributed by atoms with E-state index in [2.05, 4.69) is 23.5 Å². The van der Waals surface area contributed by atoms with Gasteiger partial charge in [0.05, 0.1) is 5.69 Å². The average molecular weight is 150 g/mol. The van der Waals surface area contributed by atoms with E-state index in [0.717, 1.165) is 12.3 Å². The van der Waals surface area contributed by atoms with Gasteiger partial charge in [-0.05, 0) is 12.1 Å². The number of thioether (sulfide) groups is 1. The first-order valence-electron chi connectivity index (χ1n) is 3.36. The highest BCUT2D eigenvalue weighted by atomic mass is 32.2. The highest BCUT2D eigenvalue weighted by molar-refractivity contribution is 7.99. The second-order valence-electron chi connectivity index (χ2n) is 2.20. The molecule has 0 aromatic heterocycles. The lowest BCUT2D eigenvalue weighted by Gasteiger charge is -2.13. The highest BCUT2D eigenvalue weighted by Crippen LogP contribution is 2.29. The van der Waals surface area contributed by atoms with E-state index < -0.39 is 0 Å². The van der Waals surface area contributed by atoms with E-state index in [1.807, 2.05) is 17.8 Å². The summed E-state index contributed by atoms with van der Waals surface area (Å²) in [6.07, 6.45) is 0. The number of hydrogen-bond acceptors (Lipinski definition) is 1. The number of fused-ring (bicyclic) bond motifs is 1. The fraction of sp³-hybridized carbons (Fsp3) is 0.250. The molecule has 1 heterocycles. The van der Waals surface area contributed by atoms with Crippen molar-refractivity contribution in [1.82, 2.24) is 5.32 Å². The Balaban J connectivity index is 2.41. The molecule has 1 radical (unpaired) electrons. The van der Waals surface area contributed by atoms with E-state index in [9.17, 15) is 0 Å². The molecular weight excluding hydrogens is 142 g/mol. The number of rotatable bonds is 0. The van der Waals surface area contributed by atoms with Crippen LogP contribution in [0.25, 0.3) is 0 Å². The molecule has 1 aliphatic heterocycles. The van der Waals surface area contributed by atoms with Crippen molar-refractivity contribution in [1.29, 1.82) is 0 Å². The van der Waals surface area contributed by atoms with Gasteiger partial charge in [0.25, 0.3) is 0 Å². The largest absolute Gasteiger partial charge is 0.283 e. The van der Waals surface area contributed by atoms with Crippen molar-refractivity contribution in [3.63, 3.8) is 0 Å². The van der Waals surface area contributed by atoms with Gasteiger partial charge in [-0.25, -0.2) is 0 Å². The summed E-state index contributed by atoms with van der Waals surface area (Å²) >= 11 is 1.89. The standard InChI is InChI=1S/C8H8NS/c1-2-4-8-7(3-1)9-5-6-10-8/h1-4H,5-6H2. The van der Waals surface area contributed by atoms with Crippen molar-refractivity contribution < 1.29 is 0 Å². The first-order chi connectivity index (χ1) is 4.97. The van der Waals surface area contributed by atoms with Crippen molar-refractivity contribution in [3.05, 3.63) is 24.3 Å². The second kappa shape index (κ2) is 2.54. The third-order valence-corrected chi connectivity index (χ3v) is 2.54. The maximum Gasteiger partial charge on any atom is 0.0710 e. The minimum absolute atomic E-state index is 0.974. The van der Waals surface area contributed by atoms with Crippen LogP contribution in [0.3, 0.4) is 0 Å². The maximum atomic E-state index is 4.37. The molecule has 0 aliphatic carbocycles. The second-order valence-corrected chi connectivity index (χ2v) is 3.33. The summed E-state index contributed by atoms with van der Waals surface area (Å²) in [7, 11) is 0. The van der Waals surface area contributed by atoms with Crippen LogP contribution in [-0.2, 0) is 0 Å². The van der Waals surface area contributed by atoms with Gasteiger partial charge in [-0.2, -0.15) is 0 Å². The van der Waals surface area contributed by atoms with Gasteiger partial charge in [-0.15, -0.1) is 11.8 Å². The van der Waals surface area contributed by atoms with Gasteiger partial charge < -0.3 is 0 Å². The van der Waals surface area contributed by atoms with Gasteiger partial charge in [0, 0.05) is 17.2 Å². The Morgan fingerprint density at radius 2 is 2.20 bits per heavy atom. The topological polar surface area (TPSA) is 14.1 Å². The number of benzene rings is 1. The SMILES string of the molecule is c1ccc2c(c1)[N]CCS2. The molecule has 0 atom stereocenters. The fourth-order valence-corrected chi connectivity index (χ4v) is 1.89. The van der Waals surface area contributed by atoms with Crippen LogP contribution in [0.2, 0.25) is 0 Å². The molecule has 1 nitrogen and oxygen atoms in total. The van der Waals surface area contributed by atoms with Gasteiger partial charge in [-0.3, -0.25) is 5.32 Å². The molecule has 1 aromatic rings. The normalized spacial score (nSPS) is 15.6. The van der Waals surface area contributed by atoms with Crippen molar-refractivity contribution >= 4 is 17.4 Å². The third kappa shape index (κ3) is 0.991. The van der Waals surface area contributed by atoms with Crippen LogP contribution in [0.15, 0.2) is 29.2 Å². The van der Waals surface area contributed by atoms with Crippen LogP contribution in [0.5, 0.6) is 0 Å². The first-order valence-corrected chi connectivity index (χ1v) is 4.35. The van der Waals surface area contributed by atoms with E-state index in [-0.39, 0.29) is 0 Å². The summed E-state index contributed by atoms with van der Waals surface area (Å²) < 4.78 is 0. The molecule has 0 fully saturated rings. The van der Waals surface area contributed by atoms with E-state index in [1.54, 1.807) is 0 Å². The zero-order chi connectivity index (χ0) is 6.81. The van der Waals surface area contributed by atoms with Crippen LogP contribution in [0.4, 0.5) is 5.69 Å². The van der Waals surface area contributed by atoms with Crippen LogP contribution >= 0.6 is 11.8 Å². The van der Waals surface area contributed by atoms with E-state index in [0.29, 0.717) is 0 Å². The van der Waals surface area contributed by atoms with Gasteiger partial charge in [0.15, 0.2) is 0 Å². The van der Waals surface area contributed by atoms with Gasteiger partial charge in [0.1, 0.15) is 0 Å². The molecule has 0 bridgehead atoms. The van der Waals surface area contributed by atoms with Crippen LogP contribution in [-0.4, -0.2) is 12.3 Å². The quantitative estimate of drug-likeness (QED) is 0.552. The van der Waals surface area contributed by atoms with E-state index in [4.69, 9.17) is 0 Å². The van der Waals surface area contributed by atoms with Gasteiger partial charge >= 0.3 is 0 Å². The Bertz CT molecular complexity index is 209. The fourth-order valence-electron chi connectivity index (χ4n) is 1.03. The lowest BCUT2D eigenvalue weighted by molar-refractivity contribution is 0.888. The summed E-state index contributed by atoms with van der Waals surface area (Å²) in [6, 6.07) is 8.30. The maximum absolute atomic E-state index is 4.37. The first kappa shape index (κ1) is 6.10. The summed E-state index contributed by atoms with van der Waals surface area (Å²) in [5.74, 6) is 1.14. The Morgan fingerprint density at radius 1 is 1.30 bits per heavy atom. The predicted molar refractivity (Wildman–Crippen MR) is 43.8 cm³/mol. The van der Waals surface area contributed by atoms with E-state index in [1.165, 1.54) is 10.6 Å². The van der Waals surface area contributed by atoms with Crippen molar-refractivity contribution in [2.75, 3.05) is 12.3 Å². The van der Waals surface area contributed by atoms with Crippen molar-refractivity contribution in [2.24, 2.45) is 0 Å². The lowest BCUT2D eigenvalue weighted by Crippen LogP contribution is -2.08. The smallest absolute Gasteiger partial charge is 0.0710 e. The Labute approximate surface area is 64.8 Å². The molecule has 0 spiro atoms. The molecule has 0 unspecified atom stereocenters. The lowest BCUT2D eigenvalue weighted by atomic mass is 10.3. The number of nitrogens with zero attached hydrogens (tertiary/aromatic N) is 1. The molecule has 2 heteroatoms.